The molecule has 1 atom stereocenters. The van der Waals surface area contributed by atoms with Crippen molar-refractivity contribution in [2.24, 2.45) is 11.6 Å². The standard InChI is InChI=1S/C6H12N4O4/c7-6(14)9-3(5(13)10-8)1-2-4(11)12/h3H,1-2,8H2,(H,10,13)(H,11,12)(H3,7,9,14). The van der Waals surface area contributed by atoms with E-state index in [1.54, 1.807) is 5.43 Å². The van der Waals surface area contributed by atoms with Gasteiger partial charge in [-0.15, -0.1) is 0 Å². The Labute approximate surface area is 79.6 Å². The van der Waals surface area contributed by atoms with E-state index in [4.69, 9.17) is 16.7 Å². The summed E-state index contributed by atoms with van der Waals surface area (Å²) in [6.45, 7) is 0. The van der Waals surface area contributed by atoms with E-state index >= 15 is 0 Å². The molecule has 0 aliphatic heterocycles. The molecule has 0 aliphatic rings. The van der Waals surface area contributed by atoms with Crippen molar-refractivity contribution in [3.8, 4) is 0 Å². The quantitative estimate of drug-likeness (QED) is 0.197. The third-order valence-electron chi connectivity index (χ3n) is 1.42. The van der Waals surface area contributed by atoms with Gasteiger partial charge >= 0.3 is 12.0 Å². The maximum Gasteiger partial charge on any atom is 0.312 e. The molecule has 0 aliphatic carbocycles. The molecule has 0 spiro atoms. The first kappa shape index (κ1) is 12.2. The minimum absolute atomic E-state index is 0.0681. The first-order valence-electron chi connectivity index (χ1n) is 3.75. The molecule has 0 rings (SSSR count). The van der Waals surface area contributed by atoms with Crippen LogP contribution in [-0.4, -0.2) is 29.1 Å². The third-order valence-corrected chi connectivity index (χ3v) is 1.42. The first-order chi connectivity index (χ1) is 6.47. The minimum atomic E-state index is -1.08. The van der Waals surface area contributed by atoms with Crippen LogP contribution in [0, 0.1) is 0 Å². The molecule has 14 heavy (non-hydrogen) atoms. The Hall–Kier alpha value is -1.83. The van der Waals surface area contributed by atoms with Gasteiger partial charge in [0.05, 0.1) is 0 Å². The zero-order chi connectivity index (χ0) is 11.1. The number of urea groups is 1. The second-order valence-corrected chi connectivity index (χ2v) is 2.50. The second kappa shape index (κ2) is 5.75. The molecular weight excluding hydrogens is 192 g/mol. The highest BCUT2D eigenvalue weighted by Gasteiger charge is 2.19. The Morgan fingerprint density at radius 1 is 1.36 bits per heavy atom. The fourth-order valence-corrected chi connectivity index (χ4v) is 0.809. The molecule has 7 N–H and O–H groups in total. The molecule has 0 saturated heterocycles. The average Bonchev–Trinajstić information content (AvgIpc) is 2.10. The summed E-state index contributed by atoms with van der Waals surface area (Å²) in [5.41, 5.74) is 6.57. The van der Waals surface area contributed by atoms with E-state index in [-0.39, 0.29) is 12.8 Å². The Morgan fingerprint density at radius 3 is 2.29 bits per heavy atom. The van der Waals surface area contributed by atoms with E-state index in [1.165, 1.54) is 0 Å². The van der Waals surface area contributed by atoms with Crippen molar-refractivity contribution in [1.82, 2.24) is 10.7 Å². The summed E-state index contributed by atoms with van der Waals surface area (Å²) < 4.78 is 0. The first-order valence-corrected chi connectivity index (χ1v) is 3.75. The van der Waals surface area contributed by atoms with Crippen molar-refractivity contribution in [1.29, 1.82) is 0 Å². The highest BCUT2D eigenvalue weighted by atomic mass is 16.4. The van der Waals surface area contributed by atoms with Crippen molar-refractivity contribution in [2.75, 3.05) is 0 Å². The van der Waals surface area contributed by atoms with Gasteiger partial charge in [-0.2, -0.15) is 0 Å². The lowest BCUT2D eigenvalue weighted by molar-refractivity contribution is -0.137. The number of carbonyl (C=O) groups excluding carboxylic acids is 2. The van der Waals surface area contributed by atoms with E-state index in [2.05, 4.69) is 5.32 Å². The van der Waals surface area contributed by atoms with E-state index in [0.29, 0.717) is 0 Å². The SMILES string of the molecule is NNC(=O)C(CCC(=O)O)NC(N)=O. The lowest BCUT2D eigenvalue weighted by Gasteiger charge is -2.14. The Kier molecular flexibility index (Phi) is 5.00. The maximum atomic E-state index is 11.0. The van der Waals surface area contributed by atoms with Crippen LogP contribution in [-0.2, 0) is 9.59 Å². The second-order valence-electron chi connectivity index (χ2n) is 2.50. The number of carboxylic acid groups (broad SMARTS) is 1. The van der Waals surface area contributed by atoms with Crippen LogP contribution >= 0.6 is 0 Å². The van der Waals surface area contributed by atoms with Crippen molar-refractivity contribution in [3.05, 3.63) is 0 Å². The molecule has 0 bridgehead atoms. The minimum Gasteiger partial charge on any atom is -0.481 e. The number of primary amides is 1. The molecule has 0 aromatic heterocycles. The van der Waals surface area contributed by atoms with Crippen LogP contribution in [0.2, 0.25) is 0 Å². The fourth-order valence-electron chi connectivity index (χ4n) is 0.809. The summed E-state index contributed by atoms with van der Waals surface area (Å²) >= 11 is 0. The van der Waals surface area contributed by atoms with Crippen LogP contribution in [0.25, 0.3) is 0 Å². The van der Waals surface area contributed by atoms with Gasteiger partial charge in [0.25, 0.3) is 5.91 Å². The number of aliphatic carboxylic acids is 1. The average molecular weight is 204 g/mol. The summed E-state index contributed by atoms with van der Waals surface area (Å²) in [5.74, 6) is 3.05. The molecule has 80 valence electrons. The largest absolute Gasteiger partial charge is 0.481 e. The van der Waals surface area contributed by atoms with Gasteiger partial charge in [-0.3, -0.25) is 15.0 Å². The number of hydrogen-bond acceptors (Lipinski definition) is 4. The van der Waals surface area contributed by atoms with Gasteiger partial charge in [-0.1, -0.05) is 0 Å². The van der Waals surface area contributed by atoms with Gasteiger partial charge in [0.2, 0.25) is 0 Å². The highest BCUT2D eigenvalue weighted by Crippen LogP contribution is 1.97. The van der Waals surface area contributed by atoms with Gasteiger partial charge in [0.1, 0.15) is 6.04 Å². The number of nitrogens with two attached hydrogens (primary N) is 2. The molecule has 1 unspecified atom stereocenters. The Balaban J connectivity index is 4.17. The number of rotatable bonds is 5. The zero-order valence-electron chi connectivity index (χ0n) is 7.32. The molecule has 0 aromatic rings. The van der Waals surface area contributed by atoms with Crippen LogP contribution in [0.4, 0.5) is 4.79 Å². The Morgan fingerprint density at radius 2 is 1.93 bits per heavy atom. The molecule has 8 heteroatoms. The van der Waals surface area contributed by atoms with Gasteiger partial charge < -0.3 is 16.2 Å². The number of carbonyl (C=O) groups is 3. The molecule has 8 nitrogen and oxygen atoms in total. The summed E-state index contributed by atoms with van der Waals surface area (Å²) in [6.07, 6.45) is -0.334. The topological polar surface area (TPSA) is 148 Å². The number of nitrogens with one attached hydrogen (secondary N) is 2. The van der Waals surface area contributed by atoms with Gasteiger partial charge in [0, 0.05) is 6.42 Å². The Bertz CT molecular complexity index is 242. The van der Waals surface area contributed by atoms with Gasteiger partial charge in [-0.25, -0.2) is 10.6 Å². The van der Waals surface area contributed by atoms with E-state index in [0.717, 1.165) is 0 Å². The van der Waals surface area contributed by atoms with Crippen molar-refractivity contribution in [3.63, 3.8) is 0 Å². The number of carboxylic acids is 1. The van der Waals surface area contributed by atoms with Crippen LogP contribution in [0.1, 0.15) is 12.8 Å². The van der Waals surface area contributed by atoms with Crippen LogP contribution in [0.5, 0.6) is 0 Å². The molecule has 3 amide bonds. The predicted octanol–water partition coefficient (Wildman–Crippen LogP) is -2.12. The fraction of sp³-hybridized carbons (Fsp3) is 0.500. The summed E-state index contributed by atoms with van der Waals surface area (Å²) in [7, 11) is 0. The molecule has 0 fully saturated rings. The van der Waals surface area contributed by atoms with Gasteiger partial charge in [0.15, 0.2) is 0 Å². The normalized spacial score (nSPS) is 11.5. The van der Waals surface area contributed by atoms with Crippen LogP contribution in [0.3, 0.4) is 0 Å². The molecule has 0 aromatic carbocycles. The molecule has 0 saturated carbocycles. The predicted molar refractivity (Wildman–Crippen MR) is 45.7 cm³/mol. The third kappa shape index (κ3) is 4.93. The number of amides is 3. The molecular formula is C6H12N4O4. The lowest BCUT2D eigenvalue weighted by Crippen LogP contribution is -2.50. The monoisotopic (exact) mass is 204 g/mol. The van der Waals surface area contributed by atoms with Crippen molar-refractivity contribution in [2.45, 2.75) is 18.9 Å². The van der Waals surface area contributed by atoms with E-state index < -0.39 is 23.9 Å². The van der Waals surface area contributed by atoms with E-state index in [1.807, 2.05) is 0 Å². The zero-order valence-corrected chi connectivity index (χ0v) is 7.32. The maximum absolute atomic E-state index is 11.0. The molecule has 0 heterocycles. The summed E-state index contributed by atoms with van der Waals surface area (Å²) in [5, 5.41) is 10.4. The van der Waals surface area contributed by atoms with E-state index in [9.17, 15) is 14.4 Å². The van der Waals surface area contributed by atoms with Crippen LogP contribution < -0.4 is 22.3 Å². The van der Waals surface area contributed by atoms with Crippen molar-refractivity contribution < 1.29 is 19.5 Å². The lowest BCUT2D eigenvalue weighted by atomic mass is 10.1. The summed E-state index contributed by atoms with van der Waals surface area (Å²) in [4.78, 5) is 31.6. The van der Waals surface area contributed by atoms with Crippen molar-refractivity contribution >= 4 is 17.9 Å². The highest BCUT2D eigenvalue weighted by molar-refractivity contribution is 5.86. The smallest absolute Gasteiger partial charge is 0.312 e. The number of hydrogen-bond donors (Lipinski definition) is 5. The van der Waals surface area contributed by atoms with Gasteiger partial charge in [-0.05, 0) is 6.42 Å². The molecule has 0 radical (unpaired) electrons. The number of hydrazine groups is 1. The summed E-state index contributed by atoms with van der Waals surface area (Å²) in [6, 6.07) is -1.93. The van der Waals surface area contributed by atoms with Crippen LogP contribution in [0.15, 0.2) is 0 Å².